The van der Waals surface area contributed by atoms with Crippen LogP contribution in [-0.2, 0) is 14.1 Å². The van der Waals surface area contributed by atoms with Gasteiger partial charge in [-0.25, -0.2) is 9.13 Å². The third kappa shape index (κ3) is 9.70. The molecule has 2 unspecified atom stereocenters. The molecule has 0 saturated carbocycles. The molecule has 0 spiro atoms. The molecule has 9 heteroatoms. The van der Waals surface area contributed by atoms with E-state index in [2.05, 4.69) is 47.7 Å². The Labute approximate surface area is 221 Å². The Hall–Kier alpha value is -0.790. The van der Waals surface area contributed by atoms with Crippen molar-refractivity contribution in [2.24, 2.45) is 24.3 Å². The predicted molar refractivity (Wildman–Crippen MR) is 133 cm³/mol. The number of imidazole rings is 1. The molecular weight excluding hydrogens is 618 g/mol. The number of aromatic nitrogens is 2. The van der Waals surface area contributed by atoms with Crippen LogP contribution in [0.25, 0.3) is 0 Å². The molecule has 0 aliphatic rings. The second-order valence-electron chi connectivity index (χ2n) is 7.88. The van der Waals surface area contributed by atoms with Gasteiger partial charge in [-0.1, -0.05) is 19.0 Å². The minimum Gasteiger partial charge on any atom is -1.00 e. The fraction of sp³-hybridized carbons (Fsp3) is 0.591. The van der Waals surface area contributed by atoms with E-state index < -0.39 is 0 Å². The summed E-state index contributed by atoms with van der Waals surface area (Å²) in [7, 11) is 3.90. The Morgan fingerprint density at radius 2 is 1.87 bits per heavy atom. The third-order valence-corrected chi connectivity index (χ3v) is 5.26. The third-order valence-electron chi connectivity index (χ3n) is 5.26. The predicted octanol–water partition coefficient (Wildman–Crippen LogP) is 1.53. The summed E-state index contributed by atoms with van der Waals surface area (Å²) in [5, 5.41) is 26.0. The van der Waals surface area contributed by atoms with E-state index in [9.17, 15) is 5.11 Å². The maximum Gasteiger partial charge on any atom is 0.421 e. The number of benzene rings is 1. The summed E-state index contributed by atoms with van der Waals surface area (Å²) >= 11 is 0. The lowest BCUT2D eigenvalue weighted by molar-refractivity contribution is -0.657. The zero-order valence-corrected chi connectivity index (χ0v) is 24.0. The quantitative estimate of drug-likeness (QED) is 0.195. The van der Waals surface area contributed by atoms with E-state index in [0.717, 1.165) is 35.7 Å². The number of aliphatic hydroxyl groups is 1. The van der Waals surface area contributed by atoms with Gasteiger partial charge in [-0.05, 0) is 56.9 Å². The van der Waals surface area contributed by atoms with Crippen LogP contribution in [0.1, 0.15) is 45.6 Å². The molecule has 2 atom stereocenters. The van der Waals surface area contributed by atoms with Gasteiger partial charge < -0.3 is 39.7 Å². The van der Waals surface area contributed by atoms with Crippen LogP contribution in [0.2, 0.25) is 0 Å². The SMILES string of the molecule is CCC(CC)NCC(O)CC(C)Nc1ccc(N=Nc2n(C)cc[n+]2C)c(C)c1.I.[I-]. The van der Waals surface area contributed by atoms with Gasteiger partial charge >= 0.3 is 5.95 Å². The number of aliphatic hydroxyl groups excluding tert-OH is 1. The maximum absolute atomic E-state index is 10.3. The lowest BCUT2D eigenvalue weighted by Gasteiger charge is -2.22. The van der Waals surface area contributed by atoms with Crippen LogP contribution in [0, 0.1) is 6.92 Å². The minimum atomic E-state index is -0.363. The number of hydrogen-bond acceptors (Lipinski definition) is 5. The van der Waals surface area contributed by atoms with Crippen molar-refractivity contribution < 1.29 is 33.7 Å². The van der Waals surface area contributed by atoms with Crippen molar-refractivity contribution in [2.45, 2.75) is 65.1 Å². The normalized spacial score (nSPS) is 13.0. The molecule has 31 heavy (non-hydrogen) atoms. The van der Waals surface area contributed by atoms with Gasteiger partial charge in [0.2, 0.25) is 0 Å². The molecular formula is C22H38I2N6O. The van der Waals surface area contributed by atoms with E-state index in [1.807, 2.05) is 54.7 Å². The van der Waals surface area contributed by atoms with Crippen LogP contribution in [0.15, 0.2) is 40.8 Å². The summed E-state index contributed by atoms with van der Waals surface area (Å²) < 4.78 is 3.86. The number of aryl methyl sites for hydroxylation is 3. The monoisotopic (exact) mass is 656 g/mol. The zero-order chi connectivity index (χ0) is 21.4. The Morgan fingerprint density at radius 1 is 1.19 bits per heavy atom. The van der Waals surface area contributed by atoms with Crippen LogP contribution in [0.4, 0.5) is 17.3 Å². The molecule has 2 rings (SSSR count). The number of anilines is 1. The smallest absolute Gasteiger partial charge is 0.421 e. The van der Waals surface area contributed by atoms with E-state index in [-0.39, 0.29) is 60.1 Å². The molecule has 0 fully saturated rings. The van der Waals surface area contributed by atoms with Crippen molar-refractivity contribution in [2.75, 3.05) is 11.9 Å². The van der Waals surface area contributed by atoms with Crippen LogP contribution in [-0.4, -0.2) is 34.4 Å². The summed E-state index contributed by atoms with van der Waals surface area (Å²) in [4.78, 5) is 0. The van der Waals surface area contributed by atoms with Crippen molar-refractivity contribution >= 4 is 41.3 Å². The van der Waals surface area contributed by atoms with Crippen molar-refractivity contribution in [1.82, 2.24) is 9.88 Å². The number of nitrogens with one attached hydrogen (secondary N) is 2. The number of nitrogens with zero attached hydrogens (tertiary/aromatic N) is 4. The van der Waals surface area contributed by atoms with Gasteiger partial charge in [0, 0.05) is 29.4 Å². The molecule has 1 aromatic heterocycles. The highest BCUT2D eigenvalue weighted by molar-refractivity contribution is 14.0. The number of azo groups is 1. The van der Waals surface area contributed by atoms with Crippen molar-refractivity contribution in [3.63, 3.8) is 0 Å². The van der Waals surface area contributed by atoms with Gasteiger partial charge in [-0.15, -0.1) is 24.0 Å². The highest BCUT2D eigenvalue weighted by Gasteiger charge is 2.13. The molecule has 0 radical (unpaired) electrons. The van der Waals surface area contributed by atoms with Crippen LogP contribution >= 0.6 is 24.0 Å². The Morgan fingerprint density at radius 3 is 2.42 bits per heavy atom. The van der Waals surface area contributed by atoms with Crippen molar-refractivity contribution in [1.29, 1.82) is 0 Å². The first-order valence-corrected chi connectivity index (χ1v) is 10.5. The van der Waals surface area contributed by atoms with E-state index >= 15 is 0 Å². The average molecular weight is 656 g/mol. The van der Waals surface area contributed by atoms with Gasteiger partial charge in [0.05, 0.1) is 32.6 Å². The zero-order valence-electron chi connectivity index (χ0n) is 19.5. The molecule has 176 valence electrons. The first-order chi connectivity index (χ1) is 13.8. The Bertz CT molecular complexity index is 788. The van der Waals surface area contributed by atoms with Gasteiger partial charge in [0.25, 0.3) is 0 Å². The maximum atomic E-state index is 10.3. The minimum absolute atomic E-state index is 0. The van der Waals surface area contributed by atoms with E-state index in [1.54, 1.807) is 0 Å². The molecule has 1 heterocycles. The topological polar surface area (TPSA) is 77.8 Å². The molecule has 7 nitrogen and oxygen atoms in total. The lowest BCUT2D eigenvalue weighted by Crippen LogP contribution is -3.00. The van der Waals surface area contributed by atoms with Crippen LogP contribution in [0.5, 0.6) is 0 Å². The number of rotatable bonds is 11. The van der Waals surface area contributed by atoms with Crippen molar-refractivity contribution in [3.8, 4) is 0 Å². The second kappa shape index (κ2) is 15.1. The molecule has 2 aromatic rings. The van der Waals surface area contributed by atoms with Gasteiger partial charge in [0.15, 0.2) is 0 Å². The molecule has 0 bridgehead atoms. The second-order valence-corrected chi connectivity index (χ2v) is 7.88. The molecule has 3 N–H and O–H groups in total. The molecule has 0 amide bonds. The highest BCUT2D eigenvalue weighted by Crippen LogP contribution is 2.24. The number of hydrogen-bond donors (Lipinski definition) is 3. The summed E-state index contributed by atoms with van der Waals surface area (Å²) in [5.41, 5.74) is 2.93. The van der Waals surface area contributed by atoms with Gasteiger partial charge in [-0.3, -0.25) is 0 Å². The van der Waals surface area contributed by atoms with Gasteiger partial charge in [0.1, 0.15) is 5.69 Å². The first kappa shape index (κ1) is 30.2. The standard InChI is InChI=1S/C22H36N6O.2HI/c1-7-18(8-2)23-15-20(29)14-17(4)24-19-9-10-21(16(3)13-19)25-26-22-27(5)11-12-28(22)6;;/h9-13,17-18,20,23,29H,7-8,14-15H2,1-6H3;2*1H. The van der Waals surface area contributed by atoms with E-state index in [1.165, 1.54) is 0 Å². The molecule has 0 aliphatic carbocycles. The number of halogens is 2. The van der Waals surface area contributed by atoms with Crippen LogP contribution in [0.3, 0.4) is 0 Å². The summed E-state index contributed by atoms with van der Waals surface area (Å²) in [6.45, 7) is 9.10. The molecule has 0 aliphatic heterocycles. The fourth-order valence-corrected chi connectivity index (χ4v) is 3.39. The largest absolute Gasteiger partial charge is 1.00 e. The Kier molecular flexibility index (Phi) is 14.7. The Balaban J connectivity index is 0.00000450. The van der Waals surface area contributed by atoms with E-state index in [4.69, 9.17) is 0 Å². The summed E-state index contributed by atoms with van der Waals surface area (Å²) in [6.07, 6.45) is 6.40. The molecule has 0 saturated heterocycles. The summed E-state index contributed by atoms with van der Waals surface area (Å²) in [5.74, 6) is 0.788. The average Bonchev–Trinajstić information content (AvgIpc) is 2.99. The summed E-state index contributed by atoms with van der Waals surface area (Å²) in [6, 6.07) is 6.71. The van der Waals surface area contributed by atoms with Crippen LogP contribution < -0.4 is 39.2 Å². The fourth-order valence-electron chi connectivity index (χ4n) is 3.39. The highest BCUT2D eigenvalue weighted by atomic mass is 127. The van der Waals surface area contributed by atoms with E-state index in [0.29, 0.717) is 19.0 Å². The first-order valence-electron chi connectivity index (χ1n) is 10.5. The van der Waals surface area contributed by atoms with Gasteiger partial charge in [-0.2, -0.15) is 0 Å². The molecule has 1 aromatic carbocycles. The van der Waals surface area contributed by atoms with Crippen molar-refractivity contribution in [3.05, 3.63) is 36.2 Å². The lowest BCUT2D eigenvalue weighted by atomic mass is 10.1.